The van der Waals surface area contributed by atoms with Crippen molar-refractivity contribution in [3.63, 3.8) is 0 Å². The van der Waals surface area contributed by atoms with Crippen LogP contribution >= 0.6 is 0 Å². The molecule has 0 aromatic heterocycles. The quantitative estimate of drug-likeness (QED) is 0.812. The van der Waals surface area contributed by atoms with Crippen molar-refractivity contribution in [2.75, 3.05) is 45.9 Å². The first-order valence-corrected chi connectivity index (χ1v) is 7.16. The Hall–Kier alpha value is -0.810. The molecule has 2 aliphatic heterocycles. The Morgan fingerprint density at radius 2 is 2.11 bits per heavy atom. The molecule has 2 aliphatic rings. The van der Waals surface area contributed by atoms with Gasteiger partial charge in [-0.1, -0.05) is 6.92 Å². The molecular weight excluding hydrogens is 230 g/mol. The van der Waals surface area contributed by atoms with Gasteiger partial charge in [0.1, 0.15) is 0 Å². The maximum Gasteiger partial charge on any atom is 0.317 e. The molecule has 18 heavy (non-hydrogen) atoms. The minimum Gasteiger partial charge on any atom is -0.376 e. The number of nitrogens with one attached hydrogen (secondary N) is 1. The molecule has 0 aromatic carbocycles. The minimum atomic E-state index is 0.0710. The molecule has 2 heterocycles. The van der Waals surface area contributed by atoms with E-state index in [4.69, 9.17) is 4.74 Å². The van der Waals surface area contributed by atoms with Crippen LogP contribution in [0.2, 0.25) is 0 Å². The van der Waals surface area contributed by atoms with Gasteiger partial charge in [0.25, 0.3) is 0 Å². The Kier molecular flexibility index (Phi) is 5.26. The van der Waals surface area contributed by atoms with Crippen LogP contribution in [0, 0.1) is 0 Å². The average molecular weight is 255 g/mol. The molecule has 2 saturated heterocycles. The molecule has 0 saturated carbocycles. The number of amides is 2. The summed E-state index contributed by atoms with van der Waals surface area (Å²) in [7, 11) is 0. The number of carbonyl (C=O) groups is 1. The maximum atomic E-state index is 12.0. The van der Waals surface area contributed by atoms with E-state index in [2.05, 4.69) is 17.1 Å². The molecule has 0 radical (unpaired) electrons. The van der Waals surface area contributed by atoms with E-state index in [1.54, 1.807) is 0 Å². The summed E-state index contributed by atoms with van der Waals surface area (Å²) in [6.07, 6.45) is 3.61. The molecule has 0 aliphatic carbocycles. The Morgan fingerprint density at radius 1 is 1.33 bits per heavy atom. The van der Waals surface area contributed by atoms with E-state index in [0.29, 0.717) is 6.54 Å². The summed E-state index contributed by atoms with van der Waals surface area (Å²) < 4.78 is 5.50. The first kappa shape index (κ1) is 13.6. The van der Waals surface area contributed by atoms with E-state index in [1.807, 2.05) is 4.90 Å². The van der Waals surface area contributed by atoms with E-state index in [-0.39, 0.29) is 12.1 Å². The van der Waals surface area contributed by atoms with Crippen LogP contribution in [0.15, 0.2) is 0 Å². The van der Waals surface area contributed by atoms with Gasteiger partial charge >= 0.3 is 6.03 Å². The largest absolute Gasteiger partial charge is 0.376 e. The molecule has 0 spiro atoms. The minimum absolute atomic E-state index is 0.0710. The van der Waals surface area contributed by atoms with Crippen LogP contribution in [0.3, 0.4) is 0 Å². The molecule has 1 N–H and O–H groups in total. The molecule has 1 atom stereocenters. The van der Waals surface area contributed by atoms with Crippen molar-refractivity contribution in [2.45, 2.75) is 32.3 Å². The monoisotopic (exact) mass is 255 g/mol. The molecule has 1 unspecified atom stereocenters. The molecule has 104 valence electrons. The highest BCUT2D eigenvalue weighted by Crippen LogP contribution is 2.11. The van der Waals surface area contributed by atoms with Crippen LogP contribution < -0.4 is 5.32 Å². The molecule has 5 heteroatoms. The molecule has 2 amide bonds. The van der Waals surface area contributed by atoms with E-state index in [0.717, 1.165) is 52.2 Å². The maximum absolute atomic E-state index is 12.0. The Labute approximate surface area is 109 Å². The summed E-state index contributed by atoms with van der Waals surface area (Å²) in [5, 5.41) is 2.98. The second-order valence-corrected chi connectivity index (χ2v) is 5.15. The summed E-state index contributed by atoms with van der Waals surface area (Å²) in [6, 6.07) is 0.0710. The highest BCUT2D eigenvalue weighted by molar-refractivity contribution is 5.74. The van der Waals surface area contributed by atoms with Gasteiger partial charge in [0.2, 0.25) is 0 Å². The van der Waals surface area contributed by atoms with E-state index >= 15 is 0 Å². The van der Waals surface area contributed by atoms with Gasteiger partial charge in [0.15, 0.2) is 0 Å². The van der Waals surface area contributed by atoms with Gasteiger partial charge in [-0.25, -0.2) is 4.79 Å². The van der Waals surface area contributed by atoms with Crippen LogP contribution in [-0.2, 0) is 4.74 Å². The van der Waals surface area contributed by atoms with Crippen molar-refractivity contribution < 1.29 is 9.53 Å². The lowest BCUT2D eigenvalue weighted by Gasteiger charge is -2.34. The van der Waals surface area contributed by atoms with Gasteiger partial charge in [-0.05, 0) is 25.8 Å². The SMILES string of the molecule is CCCN1CCN(C(=O)NCC2CCCO2)CC1. The Balaban J connectivity index is 1.64. The van der Waals surface area contributed by atoms with Gasteiger partial charge in [-0.2, -0.15) is 0 Å². The fraction of sp³-hybridized carbons (Fsp3) is 0.923. The lowest BCUT2D eigenvalue weighted by atomic mass is 10.2. The van der Waals surface area contributed by atoms with Crippen LogP contribution in [0.4, 0.5) is 4.79 Å². The van der Waals surface area contributed by atoms with Crippen LogP contribution in [0.25, 0.3) is 0 Å². The smallest absolute Gasteiger partial charge is 0.317 e. The fourth-order valence-corrected chi connectivity index (χ4v) is 2.61. The predicted octanol–water partition coefficient (Wildman–Crippen LogP) is 0.903. The predicted molar refractivity (Wildman–Crippen MR) is 70.7 cm³/mol. The highest BCUT2D eigenvalue weighted by Gasteiger charge is 2.22. The van der Waals surface area contributed by atoms with Gasteiger partial charge in [0, 0.05) is 39.3 Å². The summed E-state index contributed by atoms with van der Waals surface area (Å²) in [6.45, 7) is 8.54. The first-order chi connectivity index (χ1) is 8.79. The third-order valence-corrected chi connectivity index (χ3v) is 3.70. The van der Waals surface area contributed by atoms with Crippen molar-refractivity contribution in [3.05, 3.63) is 0 Å². The zero-order valence-corrected chi connectivity index (χ0v) is 11.4. The lowest BCUT2D eigenvalue weighted by Crippen LogP contribution is -2.52. The van der Waals surface area contributed by atoms with Crippen molar-refractivity contribution in [3.8, 4) is 0 Å². The number of piperazine rings is 1. The standard InChI is InChI=1S/C13H25N3O2/c1-2-5-15-6-8-16(9-7-15)13(17)14-11-12-4-3-10-18-12/h12H,2-11H2,1H3,(H,14,17). The van der Waals surface area contributed by atoms with E-state index < -0.39 is 0 Å². The Morgan fingerprint density at radius 3 is 2.72 bits per heavy atom. The molecule has 2 rings (SSSR count). The molecule has 2 fully saturated rings. The summed E-state index contributed by atoms with van der Waals surface area (Å²) in [5.74, 6) is 0. The Bertz CT molecular complexity index is 259. The van der Waals surface area contributed by atoms with Gasteiger partial charge in [0.05, 0.1) is 6.10 Å². The van der Waals surface area contributed by atoms with Crippen LogP contribution in [0.5, 0.6) is 0 Å². The number of hydrogen-bond acceptors (Lipinski definition) is 3. The fourth-order valence-electron chi connectivity index (χ4n) is 2.61. The second-order valence-electron chi connectivity index (χ2n) is 5.15. The molecule has 5 nitrogen and oxygen atoms in total. The average Bonchev–Trinajstić information content (AvgIpc) is 2.90. The van der Waals surface area contributed by atoms with Gasteiger partial charge in [-0.15, -0.1) is 0 Å². The first-order valence-electron chi connectivity index (χ1n) is 7.16. The zero-order chi connectivity index (χ0) is 12.8. The topological polar surface area (TPSA) is 44.8 Å². The zero-order valence-electron chi connectivity index (χ0n) is 11.4. The van der Waals surface area contributed by atoms with Crippen molar-refractivity contribution in [2.24, 2.45) is 0 Å². The number of ether oxygens (including phenoxy) is 1. The van der Waals surface area contributed by atoms with Crippen molar-refractivity contribution >= 4 is 6.03 Å². The van der Waals surface area contributed by atoms with Gasteiger partial charge < -0.3 is 15.0 Å². The number of hydrogen-bond donors (Lipinski definition) is 1. The number of rotatable bonds is 4. The second kappa shape index (κ2) is 6.95. The van der Waals surface area contributed by atoms with Crippen molar-refractivity contribution in [1.29, 1.82) is 0 Å². The number of carbonyl (C=O) groups excluding carboxylic acids is 1. The third kappa shape index (κ3) is 3.85. The summed E-state index contributed by atoms with van der Waals surface area (Å²) >= 11 is 0. The van der Waals surface area contributed by atoms with E-state index in [1.165, 1.54) is 6.42 Å². The molecule has 0 bridgehead atoms. The molecule has 0 aromatic rings. The normalized spacial score (nSPS) is 25.4. The van der Waals surface area contributed by atoms with Crippen LogP contribution in [-0.4, -0.2) is 67.8 Å². The van der Waals surface area contributed by atoms with Crippen LogP contribution in [0.1, 0.15) is 26.2 Å². The highest BCUT2D eigenvalue weighted by atomic mass is 16.5. The molecular formula is C13H25N3O2. The summed E-state index contributed by atoms with van der Waals surface area (Å²) in [4.78, 5) is 16.3. The lowest BCUT2D eigenvalue weighted by molar-refractivity contribution is 0.104. The van der Waals surface area contributed by atoms with E-state index in [9.17, 15) is 4.79 Å². The van der Waals surface area contributed by atoms with Gasteiger partial charge in [-0.3, -0.25) is 4.90 Å². The number of nitrogens with zero attached hydrogens (tertiary/aromatic N) is 2. The van der Waals surface area contributed by atoms with Crippen molar-refractivity contribution in [1.82, 2.24) is 15.1 Å². The summed E-state index contributed by atoms with van der Waals surface area (Å²) in [5.41, 5.74) is 0. The number of urea groups is 1. The third-order valence-electron chi connectivity index (χ3n) is 3.70.